The number of aromatic nitrogens is 3. The van der Waals surface area contributed by atoms with Gasteiger partial charge in [0.05, 0.1) is 10.3 Å². The molecule has 0 aliphatic heterocycles. The molecule has 4 rings (SSSR count). The smallest absolute Gasteiger partial charge is 0.413 e. The summed E-state index contributed by atoms with van der Waals surface area (Å²) in [5, 5.41) is 15.1. The van der Waals surface area contributed by atoms with Crippen LogP contribution in [0.3, 0.4) is 0 Å². The van der Waals surface area contributed by atoms with Crippen molar-refractivity contribution in [2.75, 3.05) is 5.32 Å². The van der Waals surface area contributed by atoms with Crippen LogP contribution in [0.4, 0.5) is 16.3 Å². The third-order valence-corrected chi connectivity index (χ3v) is 5.37. The number of amides is 1. The predicted octanol–water partition coefficient (Wildman–Crippen LogP) is 6.65. The third-order valence-electron chi connectivity index (χ3n) is 4.76. The summed E-state index contributed by atoms with van der Waals surface area (Å²) in [5.74, 6) is 0.201. The van der Waals surface area contributed by atoms with Gasteiger partial charge in [-0.25, -0.2) is 14.8 Å². The van der Waals surface area contributed by atoms with E-state index in [1.54, 1.807) is 61.7 Å². The Morgan fingerprint density at radius 1 is 1.06 bits per heavy atom. The van der Waals surface area contributed by atoms with Gasteiger partial charge in [0.15, 0.2) is 5.65 Å². The van der Waals surface area contributed by atoms with E-state index < -0.39 is 16.6 Å². The summed E-state index contributed by atoms with van der Waals surface area (Å²) in [6.45, 7) is 5.26. The summed E-state index contributed by atoms with van der Waals surface area (Å²) in [4.78, 5) is 31.8. The van der Waals surface area contributed by atoms with Gasteiger partial charge in [0.2, 0.25) is 0 Å². The van der Waals surface area contributed by atoms with Crippen molar-refractivity contribution in [3.8, 4) is 16.8 Å². The van der Waals surface area contributed by atoms with Crippen molar-refractivity contribution in [1.82, 2.24) is 14.5 Å². The molecule has 0 bridgehead atoms. The summed E-state index contributed by atoms with van der Waals surface area (Å²) in [5.41, 5.74) is 1.43. The molecular formula is C23H19Cl2N5O4. The fraction of sp³-hybridized carbons (Fsp3) is 0.174. The van der Waals surface area contributed by atoms with Gasteiger partial charge in [0.25, 0.3) is 5.69 Å². The number of halogens is 2. The third kappa shape index (κ3) is 4.66. The minimum absolute atomic E-state index is 0.0591. The number of non-ortho nitro benzene ring substituents is 1. The van der Waals surface area contributed by atoms with Gasteiger partial charge in [-0.3, -0.25) is 20.0 Å². The number of carbonyl (C=O) groups is 1. The average molecular weight is 500 g/mol. The molecule has 9 nitrogen and oxygen atoms in total. The van der Waals surface area contributed by atoms with Crippen LogP contribution in [0.1, 0.15) is 20.8 Å². The van der Waals surface area contributed by atoms with Crippen molar-refractivity contribution in [1.29, 1.82) is 0 Å². The SMILES string of the molecule is CC(C)(C)OC(=O)Nc1ncnc2c1c(-c1ccc(Cl)cc1)c(Cl)n2-c1ccc([N+](=O)[O-])cc1. The minimum atomic E-state index is -0.711. The van der Waals surface area contributed by atoms with Gasteiger partial charge in [0.1, 0.15) is 22.9 Å². The quantitative estimate of drug-likeness (QED) is 0.248. The second-order valence-electron chi connectivity index (χ2n) is 8.33. The van der Waals surface area contributed by atoms with Crippen LogP contribution in [0, 0.1) is 10.1 Å². The Balaban J connectivity index is 1.95. The standard InChI is InChI=1S/C23H19Cl2N5O4/c1-23(2,3)34-22(31)28-20-18-17(13-4-6-14(24)7-5-13)19(25)29(21(18)27-12-26-20)15-8-10-16(11-9-15)30(32)33/h4-12H,1-3H3,(H,26,27,28,31). The number of carbonyl (C=O) groups excluding carboxylic acids is 1. The Bertz CT molecular complexity index is 1390. The van der Waals surface area contributed by atoms with Crippen LogP contribution >= 0.6 is 23.2 Å². The lowest BCUT2D eigenvalue weighted by Crippen LogP contribution is -2.27. The van der Waals surface area contributed by atoms with E-state index in [0.717, 1.165) is 0 Å². The van der Waals surface area contributed by atoms with Crippen LogP contribution in [0.15, 0.2) is 54.9 Å². The first-order chi connectivity index (χ1) is 16.0. The van der Waals surface area contributed by atoms with Gasteiger partial charge >= 0.3 is 6.09 Å². The van der Waals surface area contributed by atoms with Crippen LogP contribution in [0.25, 0.3) is 27.8 Å². The maximum Gasteiger partial charge on any atom is 0.413 e. The summed E-state index contributed by atoms with van der Waals surface area (Å²) >= 11 is 12.9. The molecule has 1 amide bonds. The van der Waals surface area contributed by atoms with Crippen LogP contribution in [0.2, 0.25) is 10.2 Å². The predicted molar refractivity (Wildman–Crippen MR) is 131 cm³/mol. The lowest BCUT2D eigenvalue weighted by Gasteiger charge is -2.19. The molecule has 0 fully saturated rings. The molecule has 0 saturated heterocycles. The number of fused-ring (bicyclic) bond motifs is 1. The summed E-state index contributed by atoms with van der Waals surface area (Å²) < 4.78 is 7.01. The Morgan fingerprint density at radius 2 is 1.71 bits per heavy atom. The zero-order chi connectivity index (χ0) is 24.6. The number of nitrogens with one attached hydrogen (secondary N) is 1. The largest absolute Gasteiger partial charge is 0.444 e. The molecule has 0 spiro atoms. The second kappa shape index (κ2) is 8.92. The summed E-state index contributed by atoms with van der Waals surface area (Å²) in [6, 6.07) is 12.9. The van der Waals surface area contributed by atoms with Crippen LogP contribution < -0.4 is 5.32 Å². The highest BCUT2D eigenvalue weighted by atomic mass is 35.5. The van der Waals surface area contributed by atoms with E-state index in [1.165, 1.54) is 18.5 Å². The Hall–Kier alpha value is -3.69. The molecule has 34 heavy (non-hydrogen) atoms. The highest BCUT2D eigenvalue weighted by Gasteiger charge is 2.25. The van der Waals surface area contributed by atoms with Crippen molar-refractivity contribution < 1.29 is 14.5 Å². The number of hydrogen-bond donors (Lipinski definition) is 1. The Kier molecular flexibility index (Phi) is 6.16. The molecule has 2 aromatic carbocycles. The Morgan fingerprint density at radius 3 is 2.29 bits per heavy atom. The first-order valence-electron chi connectivity index (χ1n) is 10.1. The van der Waals surface area contributed by atoms with Gasteiger partial charge in [-0.1, -0.05) is 35.3 Å². The maximum atomic E-state index is 12.5. The summed E-state index contributed by atoms with van der Waals surface area (Å²) in [6.07, 6.45) is 0.604. The first-order valence-corrected chi connectivity index (χ1v) is 10.9. The van der Waals surface area contributed by atoms with Crippen LogP contribution in [-0.2, 0) is 4.74 Å². The number of nitrogens with zero attached hydrogens (tertiary/aromatic N) is 4. The molecular weight excluding hydrogens is 481 g/mol. The molecule has 0 aliphatic rings. The maximum absolute atomic E-state index is 12.5. The van der Waals surface area contributed by atoms with Crippen molar-refractivity contribution in [3.05, 3.63) is 75.1 Å². The molecule has 4 aromatic rings. The van der Waals surface area contributed by atoms with E-state index in [-0.39, 0.29) is 16.7 Å². The number of rotatable bonds is 4. The Labute approximate surface area is 204 Å². The topological polar surface area (TPSA) is 112 Å². The van der Waals surface area contributed by atoms with E-state index in [0.29, 0.717) is 32.9 Å². The molecule has 0 radical (unpaired) electrons. The number of ether oxygens (including phenoxy) is 1. The van der Waals surface area contributed by atoms with Crippen LogP contribution in [-0.4, -0.2) is 31.2 Å². The molecule has 0 unspecified atom stereocenters. The normalized spacial score (nSPS) is 11.4. The zero-order valence-corrected chi connectivity index (χ0v) is 19.9. The van der Waals surface area contributed by atoms with Crippen molar-refractivity contribution >= 4 is 51.8 Å². The minimum Gasteiger partial charge on any atom is -0.444 e. The lowest BCUT2D eigenvalue weighted by atomic mass is 10.1. The molecule has 0 atom stereocenters. The van der Waals surface area contributed by atoms with Crippen molar-refractivity contribution in [2.45, 2.75) is 26.4 Å². The van der Waals surface area contributed by atoms with Gasteiger partial charge in [-0.15, -0.1) is 0 Å². The van der Waals surface area contributed by atoms with Gasteiger partial charge in [-0.05, 0) is 50.6 Å². The van der Waals surface area contributed by atoms with Crippen LogP contribution in [0.5, 0.6) is 0 Å². The fourth-order valence-corrected chi connectivity index (χ4v) is 3.93. The molecule has 174 valence electrons. The highest BCUT2D eigenvalue weighted by Crippen LogP contribution is 2.42. The van der Waals surface area contributed by atoms with E-state index in [1.807, 2.05) is 0 Å². The van der Waals surface area contributed by atoms with E-state index in [9.17, 15) is 14.9 Å². The van der Waals surface area contributed by atoms with Gasteiger partial charge < -0.3 is 4.74 Å². The number of hydrogen-bond acceptors (Lipinski definition) is 6. The number of nitro benzene ring substituents is 1. The fourth-order valence-electron chi connectivity index (χ4n) is 3.42. The van der Waals surface area contributed by atoms with E-state index in [2.05, 4.69) is 15.3 Å². The van der Waals surface area contributed by atoms with Gasteiger partial charge in [0, 0.05) is 28.4 Å². The second-order valence-corrected chi connectivity index (χ2v) is 9.12. The van der Waals surface area contributed by atoms with Gasteiger partial charge in [-0.2, -0.15) is 0 Å². The number of benzene rings is 2. The summed E-state index contributed by atoms with van der Waals surface area (Å²) in [7, 11) is 0. The lowest BCUT2D eigenvalue weighted by molar-refractivity contribution is -0.384. The zero-order valence-electron chi connectivity index (χ0n) is 18.4. The van der Waals surface area contributed by atoms with Crippen molar-refractivity contribution in [3.63, 3.8) is 0 Å². The van der Waals surface area contributed by atoms with E-state index in [4.69, 9.17) is 27.9 Å². The number of anilines is 1. The monoisotopic (exact) mass is 499 g/mol. The first kappa shape index (κ1) is 23.5. The number of nitro groups is 1. The molecule has 2 aromatic heterocycles. The molecule has 11 heteroatoms. The van der Waals surface area contributed by atoms with Crippen molar-refractivity contribution in [2.24, 2.45) is 0 Å². The molecule has 2 heterocycles. The average Bonchev–Trinajstić information content (AvgIpc) is 3.06. The highest BCUT2D eigenvalue weighted by molar-refractivity contribution is 6.36. The molecule has 0 saturated carbocycles. The molecule has 1 N–H and O–H groups in total. The molecule has 0 aliphatic carbocycles. The van der Waals surface area contributed by atoms with E-state index >= 15 is 0 Å².